The summed E-state index contributed by atoms with van der Waals surface area (Å²) in [4.78, 5) is 31.3. The first kappa shape index (κ1) is 24.3. The van der Waals surface area contributed by atoms with Crippen LogP contribution in [-0.2, 0) is 14.9 Å². The van der Waals surface area contributed by atoms with E-state index < -0.39 is 10.0 Å². The maximum atomic E-state index is 12.6. The number of sulfonamides is 1. The number of hydrogen-bond donors (Lipinski definition) is 3. The third-order valence-corrected chi connectivity index (χ3v) is 7.75. The maximum absolute atomic E-state index is 12.6. The molecular weight excluding hydrogens is 434 g/mol. The third kappa shape index (κ3) is 6.33. The van der Waals surface area contributed by atoms with Crippen LogP contribution in [0.25, 0.3) is 0 Å². The normalized spacial score (nSPS) is 18.4. The lowest BCUT2D eigenvalue weighted by atomic mass is 9.96. The van der Waals surface area contributed by atoms with Crippen molar-refractivity contribution in [3.63, 3.8) is 0 Å². The lowest BCUT2D eigenvalue weighted by Gasteiger charge is -2.33. The number of nitrogens with one attached hydrogen (secondary N) is 3. The highest BCUT2D eigenvalue weighted by molar-refractivity contribution is 7.89. The van der Waals surface area contributed by atoms with Gasteiger partial charge in [0.15, 0.2) is 0 Å². The Morgan fingerprint density at radius 2 is 1.53 bits per heavy atom. The molecule has 0 unspecified atom stereocenters. The highest BCUT2D eigenvalue weighted by Crippen LogP contribution is 2.19. The number of carbonyl (C=O) groups is 2. The van der Waals surface area contributed by atoms with Crippen LogP contribution in [0.5, 0.6) is 0 Å². The van der Waals surface area contributed by atoms with Gasteiger partial charge in [-0.15, -0.1) is 0 Å². The number of anilines is 1. The highest BCUT2D eigenvalue weighted by atomic mass is 32.2. The quantitative estimate of drug-likeness (QED) is 0.555. The number of rotatable bonds is 6. The Bertz CT molecular complexity index is 878. The minimum atomic E-state index is -3.73. The molecule has 4 amide bonds. The predicted molar refractivity (Wildman–Crippen MR) is 121 cm³/mol. The number of carbonyl (C=O) groups excluding carboxylic acids is 2. The van der Waals surface area contributed by atoms with Gasteiger partial charge >= 0.3 is 12.1 Å². The van der Waals surface area contributed by atoms with E-state index in [9.17, 15) is 18.0 Å². The molecule has 0 atom stereocenters. The van der Waals surface area contributed by atoms with E-state index in [0.717, 1.165) is 17.3 Å². The summed E-state index contributed by atoms with van der Waals surface area (Å²) in [5.74, 6) is 0. The fourth-order valence-corrected chi connectivity index (χ4v) is 5.02. The van der Waals surface area contributed by atoms with Crippen LogP contribution in [0.4, 0.5) is 15.3 Å². The van der Waals surface area contributed by atoms with E-state index in [-0.39, 0.29) is 29.0 Å². The molecule has 0 radical (unpaired) electrons. The molecule has 32 heavy (non-hydrogen) atoms. The second-order valence-electron chi connectivity index (χ2n) is 8.27. The molecule has 1 aromatic carbocycles. The second kappa shape index (κ2) is 11.0. The monoisotopic (exact) mass is 467 g/mol. The van der Waals surface area contributed by atoms with E-state index in [4.69, 9.17) is 4.84 Å². The fourth-order valence-electron chi connectivity index (χ4n) is 4.05. The van der Waals surface area contributed by atoms with E-state index in [1.807, 2.05) is 0 Å². The molecule has 1 aliphatic heterocycles. The first-order chi connectivity index (χ1) is 15.3. The fraction of sp³-hybridized carbons (Fsp3) is 0.619. The van der Waals surface area contributed by atoms with Gasteiger partial charge in [0.25, 0.3) is 10.0 Å². The topological polar surface area (TPSA) is 120 Å². The van der Waals surface area contributed by atoms with E-state index in [2.05, 4.69) is 16.0 Å². The van der Waals surface area contributed by atoms with Crippen LogP contribution < -0.4 is 16.0 Å². The number of piperidine rings is 1. The number of nitrogens with zero attached hydrogens (tertiary/aromatic N) is 2. The molecule has 3 N–H and O–H groups in total. The van der Waals surface area contributed by atoms with Gasteiger partial charge in [0.05, 0.1) is 12.0 Å². The van der Waals surface area contributed by atoms with Crippen molar-refractivity contribution in [2.75, 3.05) is 32.6 Å². The van der Waals surface area contributed by atoms with Crippen LogP contribution in [0.15, 0.2) is 29.2 Å². The molecule has 0 bridgehead atoms. The molecule has 178 valence electrons. The zero-order valence-corrected chi connectivity index (χ0v) is 19.5. The zero-order valence-electron chi connectivity index (χ0n) is 18.7. The predicted octanol–water partition coefficient (Wildman–Crippen LogP) is 2.50. The van der Waals surface area contributed by atoms with E-state index in [0.29, 0.717) is 31.6 Å². The Kier molecular flexibility index (Phi) is 8.32. The van der Waals surface area contributed by atoms with E-state index in [1.165, 1.54) is 57.7 Å². The first-order valence-electron chi connectivity index (χ1n) is 11.1. The molecule has 1 aliphatic carbocycles. The lowest BCUT2D eigenvalue weighted by Crippen LogP contribution is -2.51. The summed E-state index contributed by atoms with van der Waals surface area (Å²) in [5, 5.41) is 8.88. The molecule has 11 heteroatoms. The maximum Gasteiger partial charge on any atom is 0.321 e. The van der Waals surface area contributed by atoms with Gasteiger partial charge in [-0.1, -0.05) is 23.7 Å². The number of hydrogen-bond acceptors (Lipinski definition) is 5. The minimum Gasteiger partial charge on any atom is -0.335 e. The molecule has 1 heterocycles. The van der Waals surface area contributed by atoms with Crippen molar-refractivity contribution in [3.05, 3.63) is 24.3 Å². The van der Waals surface area contributed by atoms with Crippen LogP contribution in [0.3, 0.4) is 0 Å². The molecule has 0 aromatic heterocycles. The Morgan fingerprint density at radius 1 is 0.969 bits per heavy atom. The van der Waals surface area contributed by atoms with Crippen LogP contribution in [0.1, 0.15) is 44.9 Å². The largest absolute Gasteiger partial charge is 0.335 e. The molecular formula is C21H33N5O5S. The standard InChI is InChI=1S/C21H33N5O5S/c1-25(31-2)32(29,30)19-10-8-17(9-11-19)24-21(28)26-14-12-18(13-15-26)23-20(27)22-16-6-4-3-5-7-16/h8-11,16,18H,3-7,12-15H2,1-2H3,(H,24,28)(H2,22,23,27). The minimum absolute atomic E-state index is 0.0462. The van der Waals surface area contributed by atoms with Crippen LogP contribution in [-0.4, -0.2) is 69.2 Å². The van der Waals surface area contributed by atoms with Crippen molar-refractivity contribution < 1.29 is 22.8 Å². The summed E-state index contributed by atoms with van der Waals surface area (Å²) in [6, 6.07) is 5.86. The van der Waals surface area contributed by atoms with Crippen molar-refractivity contribution in [1.29, 1.82) is 0 Å². The summed E-state index contributed by atoms with van der Waals surface area (Å²) in [6.45, 7) is 1.07. The van der Waals surface area contributed by atoms with Gasteiger partial charge in [0.2, 0.25) is 0 Å². The summed E-state index contributed by atoms with van der Waals surface area (Å²) >= 11 is 0. The molecule has 1 aromatic rings. The van der Waals surface area contributed by atoms with Crippen LogP contribution in [0, 0.1) is 0 Å². The number of urea groups is 2. The molecule has 2 fully saturated rings. The van der Waals surface area contributed by atoms with Crippen LogP contribution >= 0.6 is 0 Å². The summed E-state index contributed by atoms with van der Waals surface area (Å²) < 4.78 is 25.2. The summed E-state index contributed by atoms with van der Waals surface area (Å²) in [6.07, 6.45) is 7.04. The molecule has 1 saturated carbocycles. The van der Waals surface area contributed by atoms with Crippen molar-refractivity contribution in [2.24, 2.45) is 0 Å². The number of hydroxylamine groups is 1. The van der Waals surface area contributed by atoms with Gasteiger partial charge in [-0.2, -0.15) is 0 Å². The lowest BCUT2D eigenvalue weighted by molar-refractivity contribution is -0.0258. The van der Waals surface area contributed by atoms with Crippen LogP contribution in [0.2, 0.25) is 0 Å². The zero-order chi connectivity index (χ0) is 23.1. The average Bonchev–Trinajstić information content (AvgIpc) is 2.80. The van der Waals surface area contributed by atoms with Crippen molar-refractivity contribution in [1.82, 2.24) is 20.0 Å². The Morgan fingerprint density at radius 3 is 2.09 bits per heavy atom. The number of benzene rings is 1. The van der Waals surface area contributed by atoms with Gasteiger partial charge in [-0.3, -0.25) is 4.84 Å². The molecule has 2 aliphatic rings. The first-order valence-corrected chi connectivity index (χ1v) is 12.5. The van der Waals surface area contributed by atoms with Gasteiger partial charge < -0.3 is 20.9 Å². The Hall–Kier alpha value is -2.37. The third-order valence-electron chi connectivity index (χ3n) is 6.06. The second-order valence-corrected chi connectivity index (χ2v) is 10.2. The smallest absolute Gasteiger partial charge is 0.321 e. The summed E-state index contributed by atoms with van der Waals surface area (Å²) in [5.41, 5.74) is 0.501. The average molecular weight is 468 g/mol. The van der Waals surface area contributed by atoms with Gasteiger partial charge in [-0.25, -0.2) is 18.0 Å². The Balaban J connectivity index is 1.43. The van der Waals surface area contributed by atoms with Gasteiger partial charge in [0.1, 0.15) is 0 Å². The van der Waals surface area contributed by atoms with E-state index in [1.54, 1.807) is 4.90 Å². The van der Waals surface area contributed by atoms with E-state index >= 15 is 0 Å². The van der Waals surface area contributed by atoms with Crippen molar-refractivity contribution >= 4 is 27.8 Å². The van der Waals surface area contributed by atoms with Gasteiger partial charge in [-0.05, 0) is 49.9 Å². The van der Waals surface area contributed by atoms with Crippen molar-refractivity contribution in [2.45, 2.75) is 61.9 Å². The van der Waals surface area contributed by atoms with Crippen molar-refractivity contribution in [3.8, 4) is 0 Å². The summed E-state index contributed by atoms with van der Waals surface area (Å²) in [7, 11) is -1.15. The molecule has 3 rings (SSSR count). The van der Waals surface area contributed by atoms with Gasteiger partial charge in [0, 0.05) is 37.9 Å². The SMILES string of the molecule is CON(C)S(=O)(=O)c1ccc(NC(=O)N2CCC(NC(=O)NC3CCCCC3)CC2)cc1. The highest BCUT2D eigenvalue weighted by Gasteiger charge is 2.25. The molecule has 1 saturated heterocycles. The Labute approximate surface area is 189 Å². The number of amides is 4. The molecule has 10 nitrogen and oxygen atoms in total. The molecule has 0 spiro atoms. The number of likely N-dealkylation sites (tertiary alicyclic amines) is 1.